The van der Waals surface area contributed by atoms with Crippen LogP contribution in [0.25, 0.3) is 10.8 Å². The van der Waals surface area contributed by atoms with Crippen LogP contribution in [-0.4, -0.2) is 46.3 Å². The second kappa shape index (κ2) is 9.94. The van der Waals surface area contributed by atoms with E-state index in [-0.39, 0.29) is 5.69 Å². The molecule has 0 saturated heterocycles. The number of ether oxygens (including phenoxy) is 2. The number of rotatable bonds is 6. The third kappa shape index (κ3) is 5.03. The van der Waals surface area contributed by atoms with Crippen LogP contribution in [0.15, 0.2) is 87.5 Å². The molecule has 1 aromatic heterocycles. The molecule has 0 unspecified atom stereocenters. The van der Waals surface area contributed by atoms with E-state index in [0.717, 1.165) is 28.0 Å². The molecule has 0 fully saturated rings. The maximum absolute atomic E-state index is 13.2. The lowest BCUT2D eigenvalue weighted by molar-refractivity contribution is -0.136. The highest BCUT2D eigenvalue weighted by atomic mass is 16.5. The number of nitrogens with zero attached hydrogens (tertiary/aromatic N) is 2. The van der Waals surface area contributed by atoms with Gasteiger partial charge in [-0.3, -0.25) is 14.6 Å². The minimum Gasteiger partial charge on any atom is -0.497 e. The van der Waals surface area contributed by atoms with Gasteiger partial charge >= 0.3 is 11.7 Å². The molecule has 186 valence electrons. The largest absolute Gasteiger partial charge is 0.497 e. The van der Waals surface area contributed by atoms with E-state index in [0.29, 0.717) is 17.9 Å². The maximum Gasteiger partial charge on any atom is 0.355 e. The van der Waals surface area contributed by atoms with Crippen molar-refractivity contribution in [2.75, 3.05) is 13.7 Å². The standard InChI is InChI=1S/C27H22N4O6/c1-36-20-10-8-17(9-11-20)23-13-21(19-7-6-16-4-2-3-5-18(16)12-19)30-31(23)25(33)15-37-26(34)22-14-24(32)29-27(35)28-22/h2-12,14,23H,13,15H2,1H3,(H2,28,29,32,35)/t23-/m0/s1. The number of amides is 1. The van der Waals surface area contributed by atoms with Gasteiger partial charge in [0.25, 0.3) is 11.5 Å². The summed E-state index contributed by atoms with van der Waals surface area (Å²) >= 11 is 0. The van der Waals surface area contributed by atoms with Gasteiger partial charge in [0, 0.05) is 12.5 Å². The van der Waals surface area contributed by atoms with E-state index in [9.17, 15) is 19.2 Å². The molecule has 0 aliphatic carbocycles. The summed E-state index contributed by atoms with van der Waals surface area (Å²) in [6.45, 7) is -0.630. The maximum atomic E-state index is 13.2. The van der Waals surface area contributed by atoms with Gasteiger partial charge in [-0.15, -0.1) is 0 Å². The molecule has 1 aliphatic rings. The molecule has 4 aromatic rings. The van der Waals surface area contributed by atoms with Crippen LogP contribution in [0, 0.1) is 0 Å². The van der Waals surface area contributed by atoms with E-state index >= 15 is 0 Å². The monoisotopic (exact) mass is 498 g/mol. The van der Waals surface area contributed by atoms with Crippen LogP contribution >= 0.6 is 0 Å². The zero-order valence-electron chi connectivity index (χ0n) is 19.8. The number of aromatic amines is 2. The van der Waals surface area contributed by atoms with E-state index in [1.807, 2.05) is 59.6 Å². The highest BCUT2D eigenvalue weighted by Gasteiger charge is 2.33. The van der Waals surface area contributed by atoms with Gasteiger partial charge in [0.2, 0.25) is 0 Å². The normalized spacial score (nSPS) is 14.9. The third-order valence-electron chi connectivity index (χ3n) is 6.06. The molecule has 10 nitrogen and oxygen atoms in total. The Bertz CT molecular complexity index is 1610. The fourth-order valence-electron chi connectivity index (χ4n) is 4.22. The molecule has 1 amide bonds. The van der Waals surface area contributed by atoms with Crippen molar-refractivity contribution in [1.82, 2.24) is 15.0 Å². The molecule has 37 heavy (non-hydrogen) atoms. The van der Waals surface area contributed by atoms with Crippen LogP contribution in [-0.2, 0) is 9.53 Å². The molecule has 2 N–H and O–H groups in total. The first-order valence-electron chi connectivity index (χ1n) is 11.4. The zero-order valence-corrected chi connectivity index (χ0v) is 19.8. The number of hydrogen-bond acceptors (Lipinski definition) is 7. The summed E-state index contributed by atoms with van der Waals surface area (Å²) in [6.07, 6.45) is 0.450. The van der Waals surface area contributed by atoms with Gasteiger partial charge in [-0.25, -0.2) is 14.6 Å². The summed E-state index contributed by atoms with van der Waals surface area (Å²) in [4.78, 5) is 52.6. The number of aromatic nitrogens is 2. The second-order valence-corrected chi connectivity index (χ2v) is 8.42. The molecular formula is C27H22N4O6. The number of esters is 1. The molecule has 0 bridgehead atoms. The van der Waals surface area contributed by atoms with Crippen molar-refractivity contribution in [2.45, 2.75) is 12.5 Å². The van der Waals surface area contributed by atoms with Gasteiger partial charge in [0.1, 0.15) is 11.4 Å². The molecule has 1 aliphatic heterocycles. The Morgan fingerprint density at radius 2 is 1.73 bits per heavy atom. The van der Waals surface area contributed by atoms with Crippen LogP contribution in [0.4, 0.5) is 0 Å². The summed E-state index contributed by atoms with van der Waals surface area (Å²) in [5.41, 5.74) is 0.463. The third-order valence-corrected chi connectivity index (χ3v) is 6.06. The van der Waals surface area contributed by atoms with Crippen LogP contribution < -0.4 is 16.0 Å². The van der Waals surface area contributed by atoms with Crippen molar-refractivity contribution < 1.29 is 19.1 Å². The molecule has 0 saturated carbocycles. The molecule has 3 aromatic carbocycles. The number of H-pyrrole nitrogens is 2. The quantitative estimate of drug-likeness (QED) is 0.393. The Labute approximate surface area is 210 Å². The predicted octanol–water partition coefficient (Wildman–Crippen LogP) is 2.76. The Kier molecular flexibility index (Phi) is 6.38. The number of hydrazone groups is 1. The average molecular weight is 498 g/mol. The van der Waals surface area contributed by atoms with Crippen molar-refractivity contribution in [3.8, 4) is 5.75 Å². The minimum atomic E-state index is -1.00. The lowest BCUT2D eigenvalue weighted by Crippen LogP contribution is -2.32. The summed E-state index contributed by atoms with van der Waals surface area (Å²) in [5, 5.41) is 8.06. The Morgan fingerprint density at radius 1 is 0.973 bits per heavy atom. The van der Waals surface area contributed by atoms with E-state index in [4.69, 9.17) is 9.47 Å². The first kappa shape index (κ1) is 23.7. The van der Waals surface area contributed by atoms with Crippen molar-refractivity contribution in [1.29, 1.82) is 0 Å². The van der Waals surface area contributed by atoms with E-state index in [1.54, 1.807) is 19.2 Å². The van der Waals surface area contributed by atoms with Crippen molar-refractivity contribution in [3.63, 3.8) is 0 Å². The number of carbonyl (C=O) groups excluding carboxylic acids is 2. The predicted molar refractivity (Wildman–Crippen MR) is 136 cm³/mol. The first-order chi connectivity index (χ1) is 17.9. The zero-order chi connectivity index (χ0) is 25.9. The number of benzene rings is 3. The van der Waals surface area contributed by atoms with Crippen molar-refractivity contribution >= 4 is 28.4 Å². The number of nitrogens with one attached hydrogen (secondary N) is 2. The van der Waals surface area contributed by atoms with Crippen LogP contribution in [0.1, 0.15) is 34.1 Å². The lowest BCUT2D eigenvalue weighted by Gasteiger charge is -2.22. The van der Waals surface area contributed by atoms with E-state index in [1.165, 1.54) is 5.01 Å². The van der Waals surface area contributed by atoms with Crippen LogP contribution in [0.3, 0.4) is 0 Å². The van der Waals surface area contributed by atoms with Gasteiger partial charge in [0.05, 0.1) is 18.9 Å². The van der Waals surface area contributed by atoms with Gasteiger partial charge in [-0.05, 0) is 40.1 Å². The smallest absolute Gasteiger partial charge is 0.355 e. The molecule has 10 heteroatoms. The summed E-state index contributed by atoms with van der Waals surface area (Å²) in [5.74, 6) is -0.885. The number of carbonyl (C=O) groups is 2. The first-order valence-corrected chi connectivity index (χ1v) is 11.4. The SMILES string of the molecule is COc1ccc([C@@H]2CC(c3ccc4ccccc4c3)=NN2C(=O)COC(=O)c2cc(=O)[nH]c(=O)[nH]2)cc1. The van der Waals surface area contributed by atoms with Crippen LogP contribution in [0.2, 0.25) is 0 Å². The van der Waals surface area contributed by atoms with Crippen molar-refractivity contribution in [3.05, 3.63) is 110 Å². The van der Waals surface area contributed by atoms with Crippen molar-refractivity contribution in [2.24, 2.45) is 5.10 Å². The molecule has 1 atom stereocenters. The average Bonchev–Trinajstić information content (AvgIpc) is 3.36. The number of methoxy groups -OCH3 is 1. The molecular weight excluding hydrogens is 476 g/mol. The highest BCUT2D eigenvalue weighted by molar-refractivity contribution is 6.05. The lowest BCUT2D eigenvalue weighted by atomic mass is 9.97. The second-order valence-electron chi connectivity index (χ2n) is 8.42. The number of fused-ring (bicyclic) bond motifs is 1. The fourth-order valence-corrected chi connectivity index (χ4v) is 4.22. The Hall–Kier alpha value is -4.99. The molecule has 0 radical (unpaired) electrons. The van der Waals surface area contributed by atoms with E-state index in [2.05, 4.69) is 10.1 Å². The molecule has 2 heterocycles. The summed E-state index contributed by atoms with van der Waals surface area (Å²) < 4.78 is 10.3. The van der Waals surface area contributed by atoms with Gasteiger partial charge in [0.15, 0.2) is 6.61 Å². The molecule has 5 rings (SSSR count). The van der Waals surface area contributed by atoms with E-state index < -0.39 is 35.8 Å². The molecule has 0 spiro atoms. The van der Waals surface area contributed by atoms with Gasteiger partial charge < -0.3 is 14.5 Å². The van der Waals surface area contributed by atoms with Crippen LogP contribution in [0.5, 0.6) is 5.75 Å². The minimum absolute atomic E-state index is 0.352. The van der Waals surface area contributed by atoms with Gasteiger partial charge in [-0.1, -0.05) is 48.5 Å². The Balaban J connectivity index is 1.41. The highest BCUT2D eigenvalue weighted by Crippen LogP contribution is 2.34. The van der Waals surface area contributed by atoms with Gasteiger partial charge in [-0.2, -0.15) is 5.10 Å². The summed E-state index contributed by atoms with van der Waals surface area (Å²) in [7, 11) is 1.57. The number of hydrogen-bond donors (Lipinski definition) is 2. The Morgan fingerprint density at radius 3 is 2.46 bits per heavy atom. The summed E-state index contributed by atoms with van der Waals surface area (Å²) in [6, 6.07) is 21.7. The topological polar surface area (TPSA) is 134 Å². The fraction of sp³-hybridized carbons (Fsp3) is 0.148.